The monoisotopic (exact) mass is 411 g/mol. The highest BCUT2D eigenvalue weighted by Gasteiger charge is 2.15. The van der Waals surface area contributed by atoms with Gasteiger partial charge in [0.25, 0.3) is 0 Å². The van der Waals surface area contributed by atoms with Gasteiger partial charge < -0.3 is 23.9 Å². The van der Waals surface area contributed by atoms with E-state index in [1.165, 1.54) is 6.92 Å². The van der Waals surface area contributed by atoms with Gasteiger partial charge in [0.1, 0.15) is 35.7 Å². The third kappa shape index (κ3) is 5.16. The van der Waals surface area contributed by atoms with Crippen LogP contribution in [0.2, 0.25) is 0 Å². The molecule has 0 bridgehead atoms. The second-order valence-corrected chi connectivity index (χ2v) is 6.23. The number of hydrogen-bond acceptors (Lipinski definition) is 7. The highest BCUT2D eigenvalue weighted by atomic mass is 16.5. The first-order chi connectivity index (χ1) is 14.5. The summed E-state index contributed by atoms with van der Waals surface area (Å²) in [6.07, 6.45) is 0. The predicted octanol–water partition coefficient (Wildman–Crippen LogP) is 3.39. The zero-order valence-electron chi connectivity index (χ0n) is 16.6. The fraction of sp³-hybridized carbons (Fsp3) is 0.227. The Kier molecular flexibility index (Phi) is 6.69. The molecule has 0 saturated heterocycles. The molecule has 1 N–H and O–H groups in total. The van der Waals surface area contributed by atoms with Crippen LogP contribution >= 0.6 is 0 Å². The molecule has 0 unspecified atom stereocenters. The van der Waals surface area contributed by atoms with E-state index >= 15 is 0 Å². The smallest absolute Gasteiger partial charge is 0.374 e. The lowest BCUT2D eigenvalue weighted by Crippen LogP contribution is -2.13. The van der Waals surface area contributed by atoms with Crippen LogP contribution in [0.3, 0.4) is 0 Å². The number of ether oxygens (including phenoxy) is 3. The molecule has 3 aromatic rings. The molecule has 0 spiro atoms. The molecular weight excluding hydrogens is 390 g/mol. The summed E-state index contributed by atoms with van der Waals surface area (Å²) in [7, 11) is 0. The van der Waals surface area contributed by atoms with Gasteiger partial charge in [-0.15, -0.1) is 0 Å². The van der Waals surface area contributed by atoms with Gasteiger partial charge in [-0.25, -0.2) is 4.79 Å². The molecule has 1 aromatic heterocycles. The Labute approximate surface area is 172 Å². The summed E-state index contributed by atoms with van der Waals surface area (Å²) in [4.78, 5) is 35.3. The number of benzene rings is 2. The third-order valence-electron chi connectivity index (χ3n) is 3.98. The Bertz CT molecular complexity index is 1100. The van der Waals surface area contributed by atoms with Crippen LogP contribution in [0, 0.1) is 0 Å². The molecule has 0 aliphatic rings. The normalized spacial score (nSPS) is 10.5. The lowest BCUT2D eigenvalue weighted by molar-refractivity contribution is -0.114. The van der Waals surface area contributed by atoms with E-state index in [9.17, 15) is 14.4 Å². The van der Waals surface area contributed by atoms with Gasteiger partial charge in [-0.3, -0.25) is 9.59 Å². The van der Waals surface area contributed by atoms with E-state index in [1.54, 1.807) is 49.4 Å². The fourth-order valence-electron chi connectivity index (χ4n) is 2.75. The molecule has 156 valence electrons. The Morgan fingerprint density at radius 2 is 1.77 bits per heavy atom. The summed E-state index contributed by atoms with van der Waals surface area (Å²) in [5.74, 6) is -0.0465. The van der Waals surface area contributed by atoms with Crippen LogP contribution in [0.5, 0.6) is 11.5 Å². The highest BCUT2D eigenvalue weighted by molar-refractivity contribution is 5.90. The number of esters is 1. The van der Waals surface area contributed by atoms with E-state index < -0.39 is 11.4 Å². The SMILES string of the molecule is CCOC(=O)c1cc(=O)c2c(OCCOc3ccc(NC(C)=O)cc3)cccc2o1. The third-order valence-corrected chi connectivity index (χ3v) is 3.98. The summed E-state index contributed by atoms with van der Waals surface area (Å²) in [5.41, 5.74) is 0.512. The van der Waals surface area contributed by atoms with Crippen molar-refractivity contribution in [2.24, 2.45) is 0 Å². The van der Waals surface area contributed by atoms with Gasteiger partial charge in [-0.1, -0.05) is 6.07 Å². The molecule has 8 nitrogen and oxygen atoms in total. The van der Waals surface area contributed by atoms with Crippen molar-refractivity contribution in [3.8, 4) is 11.5 Å². The maximum Gasteiger partial charge on any atom is 0.374 e. The van der Waals surface area contributed by atoms with Crippen molar-refractivity contribution < 1.29 is 28.2 Å². The molecule has 2 aromatic carbocycles. The first-order valence-electron chi connectivity index (χ1n) is 9.35. The summed E-state index contributed by atoms with van der Waals surface area (Å²) < 4.78 is 21.7. The van der Waals surface area contributed by atoms with Crippen LogP contribution in [0.25, 0.3) is 11.0 Å². The summed E-state index contributed by atoms with van der Waals surface area (Å²) in [6.45, 7) is 3.71. The molecule has 0 radical (unpaired) electrons. The van der Waals surface area contributed by atoms with Crippen molar-refractivity contribution in [2.75, 3.05) is 25.1 Å². The minimum atomic E-state index is -0.694. The average molecular weight is 411 g/mol. The molecule has 0 aliphatic heterocycles. The van der Waals surface area contributed by atoms with Gasteiger partial charge in [0.2, 0.25) is 11.7 Å². The predicted molar refractivity (Wildman–Crippen MR) is 110 cm³/mol. The number of nitrogens with one attached hydrogen (secondary N) is 1. The van der Waals surface area contributed by atoms with E-state index in [4.69, 9.17) is 18.6 Å². The Morgan fingerprint density at radius 1 is 1.03 bits per heavy atom. The molecule has 8 heteroatoms. The lowest BCUT2D eigenvalue weighted by Gasteiger charge is -2.11. The summed E-state index contributed by atoms with van der Waals surface area (Å²) in [5, 5.41) is 2.92. The van der Waals surface area contributed by atoms with Gasteiger partial charge in [0.15, 0.2) is 5.43 Å². The molecule has 1 heterocycles. The van der Waals surface area contributed by atoms with Crippen molar-refractivity contribution in [2.45, 2.75) is 13.8 Å². The van der Waals surface area contributed by atoms with Crippen molar-refractivity contribution in [1.29, 1.82) is 0 Å². The van der Waals surface area contributed by atoms with Gasteiger partial charge in [-0.2, -0.15) is 0 Å². The summed E-state index contributed by atoms with van der Waals surface area (Å²) >= 11 is 0. The maximum atomic E-state index is 12.5. The largest absolute Gasteiger partial charge is 0.490 e. The number of carbonyl (C=O) groups is 2. The van der Waals surface area contributed by atoms with Crippen molar-refractivity contribution >= 4 is 28.5 Å². The van der Waals surface area contributed by atoms with Crippen molar-refractivity contribution in [3.63, 3.8) is 0 Å². The minimum Gasteiger partial charge on any atom is -0.490 e. The number of hydrogen-bond donors (Lipinski definition) is 1. The van der Waals surface area contributed by atoms with Crippen LogP contribution in [0.4, 0.5) is 5.69 Å². The average Bonchev–Trinajstić information content (AvgIpc) is 2.72. The quantitative estimate of drug-likeness (QED) is 0.447. The minimum absolute atomic E-state index is 0.147. The first kappa shape index (κ1) is 20.9. The van der Waals surface area contributed by atoms with Gasteiger partial charge in [0.05, 0.1) is 6.61 Å². The van der Waals surface area contributed by atoms with E-state index in [-0.39, 0.29) is 42.5 Å². The van der Waals surface area contributed by atoms with E-state index in [2.05, 4.69) is 5.32 Å². The van der Waals surface area contributed by atoms with Crippen LogP contribution in [-0.4, -0.2) is 31.7 Å². The van der Waals surface area contributed by atoms with Crippen LogP contribution in [0.1, 0.15) is 24.4 Å². The zero-order valence-corrected chi connectivity index (χ0v) is 16.6. The molecule has 0 atom stereocenters. The van der Waals surface area contributed by atoms with E-state index in [0.29, 0.717) is 17.2 Å². The van der Waals surface area contributed by atoms with Gasteiger partial charge in [-0.05, 0) is 43.3 Å². The maximum absolute atomic E-state index is 12.5. The van der Waals surface area contributed by atoms with Crippen molar-refractivity contribution in [3.05, 3.63) is 64.5 Å². The number of anilines is 1. The summed E-state index contributed by atoms with van der Waals surface area (Å²) in [6, 6.07) is 12.9. The number of carbonyl (C=O) groups excluding carboxylic acids is 2. The molecule has 0 aliphatic carbocycles. The standard InChI is InChI=1S/C22H21NO7/c1-3-27-22(26)20-13-17(25)21-18(5-4-6-19(21)30-20)29-12-11-28-16-9-7-15(8-10-16)23-14(2)24/h4-10,13H,3,11-12H2,1-2H3,(H,23,24). The van der Waals surface area contributed by atoms with Gasteiger partial charge in [0, 0.05) is 18.7 Å². The number of amides is 1. The second-order valence-electron chi connectivity index (χ2n) is 6.23. The lowest BCUT2D eigenvalue weighted by atomic mass is 10.2. The van der Waals surface area contributed by atoms with Crippen LogP contribution in [-0.2, 0) is 9.53 Å². The number of rotatable bonds is 8. The molecule has 1 amide bonds. The Morgan fingerprint density at radius 3 is 2.47 bits per heavy atom. The zero-order chi connectivity index (χ0) is 21.5. The van der Waals surface area contributed by atoms with E-state index in [1.807, 2.05) is 0 Å². The van der Waals surface area contributed by atoms with Crippen LogP contribution < -0.4 is 20.2 Å². The fourth-order valence-corrected chi connectivity index (χ4v) is 2.75. The van der Waals surface area contributed by atoms with E-state index in [0.717, 1.165) is 6.07 Å². The topological polar surface area (TPSA) is 104 Å². The number of fused-ring (bicyclic) bond motifs is 1. The van der Waals surface area contributed by atoms with Crippen molar-refractivity contribution in [1.82, 2.24) is 0 Å². The Hall–Kier alpha value is -3.81. The molecule has 3 rings (SSSR count). The van der Waals surface area contributed by atoms with Crippen LogP contribution in [0.15, 0.2) is 57.7 Å². The molecule has 0 fully saturated rings. The second kappa shape index (κ2) is 9.60. The molecular formula is C22H21NO7. The highest BCUT2D eigenvalue weighted by Crippen LogP contribution is 2.24. The molecule has 30 heavy (non-hydrogen) atoms. The van der Waals surface area contributed by atoms with Gasteiger partial charge >= 0.3 is 5.97 Å². The molecule has 0 saturated carbocycles. The Balaban J connectivity index is 1.64. The first-order valence-corrected chi connectivity index (χ1v) is 9.35.